The van der Waals surface area contributed by atoms with E-state index in [1.54, 1.807) is 0 Å². The number of hydrogen-bond acceptors (Lipinski definition) is 7. The van der Waals surface area contributed by atoms with Gasteiger partial charge in [0, 0.05) is 12.8 Å². The predicted octanol–water partition coefficient (Wildman–Crippen LogP) is 0.690. The molecular formula is C10H11Cl3O7. The largest absolute Gasteiger partial charge is 0.509 e. The van der Waals surface area contributed by atoms with Crippen LogP contribution in [0.15, 0.2) is 0 Å². The third kappa shape index (κ3) is 3.23. The molecule has 0 amide bonds. The topological polar surface area (TPSA) is 102 Å². The van der Waals surface area contributed by atoms with Crippen LogP contribution in [-0.4, -0.2) is 56.7 Å². The van der Waals surface area contributed by atoms with Gasteiger partial charge in [-0.2, -0.15) is 0 Å². The summed E-state index contributed by atoms with van der Waals surface area (Å²) in [5.41, 5.74) is -1.67. The average Bonchev–Trinajstić information content (AvgIpc) is 2.58. The van der Waals surface area contributed by atoms with Crippen molar-refractivity contribution >= 4 is 46.9 Å². The minimum Gasteiger partial charge on any atom is -0.456 e. The van der Waals surface area contributed by atoms with E-state index in [-0.39, 0.29) is 12.8 Å². The summed E-state index contributed by atoms with van der Waals surface area (Å²) in [6.07, 6.45) is -4.96. The highest BCUT2D eigenvalue weighted by Gasteiger charge is 2.61. The molecule has 0 aromatic rings. The Labute approximate surface area is 128 Å². The highest BCUT2D eigenvalue weighted by molar-refractivity contribution is 6.67. The molecule has 2 bridgehead atoms. The molecule has 1 saturated carbocycles. The molecule has 10 heteroatoms. The summed E-state index contributed by atoms with van der Waals surface area (Å²) in [7, 11) is 0. The summed E-state index contributed by atoms with van der Waals surface area (Å²) in [6.45, 7) is -0.559. The monoisotopic (exact) mass is 348 g/mol. The number of halogens is 3. The van der Waals surface area contributed by atoms with Crippen LogP contribution in [0.4, 0.5) is 4.79 Å². The van der Waals surface area contributed by atoms with Gasteiger partial charge in [-0.25, -0.2) is 9.59 Å². The van der Waals surface area contributed by atoms with Crippen molar-refractivity contribution in [2.24, 2.45) is 0 Å². The van der Waals surface area contributed by atoms with E-state index < -0.39 is 46.4 Å². The van der Waals surface area contributed by atoms with Crippen LogP contribution >= 0.6 is 34.8 Å². The highest BCUT2D eigenvalue weighted by Crippen LogP contribution is 2.41. The molecule has 114 valence electrons. The molecule has 0 spiro atoms. The van der Waals surface area contributed by atoms with Crippen molar-refractivity contribution in [2.45, 2.75) is 40.5 Å². The zero-order valence-electron chi connectivity index (χ0n) is 9.92. The molecule has 1 aliphatic heterocycles. The van der Waals surface area contributed by atoms with Crippen LogP contribution in [0.2, 0.25) is 0 Å². The lowest BCUT2D eigenvalue weighted by atomic mass is 9.82. The Kier molecular flexibility index (Phi) is 4.28. The molecule has 1 aliphatic carbocycles. The number of carbonyl (C=O) groups is 2. The molecule has 2 N–H and O–H groups in total. The van der Waals surface area contributed by atoms with E-state index in [0.29, 0.717) is 0 Å². The number of ether oxygens (including phenoxy) is 3. The van der Waals surface area contributed by atoms with Gasteiger partial charge in [0.05, 0.1) is 6.10 Å². The average molecular weight is 350 g/mol. The van der Waals surface area contributed by atoms with E-state index in [0.717, 1.165) is 0 Å². The Hall–Kier alpha value is -0.470. The van der Waals surface area contributed by atoms with Crippen LogP contribution in [0, 0.1) is 0 Å². The second kappa shape index (κ2) is 5.38. The normalized spacial score (nSPS) is 36.5. The van der Waals surface area contributed by atoms with Crippen LogP contribution in [0.25, 0.3) is 0 Å². The van der Waals surface area contributed by atoms with Gasteiger partial charge < -0.3 is 24.4 Å². The lowest BCUT2D eigenvalue weighted by Gasteiger charge is -2.33. The fourth-order valence-corrected chi connectivity index (χ4v) is 2.38. The number of aliphatic hydroxyl groups is 2. The van der Waals surface area contributed by atoms with Crippen molar-refractivity contribution < 1.29 is 34.0 Å². The lowest BCUT2D eigenvalue weighted by molar-refractivity contribution is -0.156. The van der Waals surface area contributed by atoms with Crippen LogP contribution in [0.5, 0.6) is 0 Å². The third-order valence-corrected chi connectivity index (χ3v) is 3.44. The number of rotatable bonds is 2. The maximum atomic E-state index is 11.8. The maximum Gasteiger partial charge on any atom is 0.509 e. The molecule has 2 aliphatic rings. The molecule has 2 rings (SSSR count). The molecule has 7 nitrogen and oxygen atoms in total. The van der Waals surface area contributed by atoms with Crippen LogP contribution in [0.3, 0.4) is 0 Å². The van der Waals surface area contributed by atoms with Crippen molar-refractivity contribution in [2.75, 3.05) is 6.61 Å². The summed E-state index contributed by atoms with van der Waals surface area (Å²) in [4.78, 5) is 23.3. The zero-order valence-corrected chi connectivity index (χ0v) is 12.2. The summed E-state index contributed by atoms with van der Waals surface area (Å²) in [6, 6.07) is 0. The first-order valence-corrected chi connectivity index (χ1v) is 6.76. The van der Waals surface area contributed by atoms with Gasteiger partial charge >= 0.3 is 12.1 Å². The summed E-state index contributed by atoms with van der Waals surface area (Å²) >= 11 is 16.2. The molecular weight excluding hydrogens is 338 g/mol. The smallest absolute Gasteiger partial charge is 0.456 e. The number of esters is 1. The molecule has 4 atom stereocenters. The van der Waals surface area contributed by atoms with Gasteiger partial charge in [-0.1, -0.05) is 34.8 Å². The van der Waals surface area contributed by atoms with Gasteiger partial charge in [0.15, 0.2) is 0 Å². The van der Waals surface area contributed by atoms with Crippen LogP contribution < -0.4 is 0 Å². The van der Waals surface area contributed by atoms with E-state index in [2.05, 4.69) is 4.74 Å². The SMILES string of the molecule is O=C(OCC(Cl)(Cl)Cl)O[C@]12C[C@H](OC1=O)[C@@H](O)[C@@H](O)C2. The van der Waals surface area contributed by atoms with Gasteiger partial charge in [-0.3, -0.25) is 0 Å². The molecule has 0 unspecified atom stereocenters. The first kappa shape index (κ1) is 15.9. The Morgan fingerprint density at radius 2 is 2.05 bits per heavy atom. The molecule has 0 aromatic carbocycles. The van der Waals surface area contributed by atoms with Gasteiger partial charge in [-0.15, -0.1) is 0 Å². The Morgan fingerprint density at radius 3 is 2.65 bits per heavy atom. The highest BCUT2D eigenvalue weighted by atomic mass is 35.6. The minimum absolute atomic E-state index is 0.0626. The van der Waals surface area contributed by atoms with Crippen molar-refractivity contribution in [1.82, 2.24) is 0 Å². The van der Waals surface area contributed by atoms with Gasteiger partial charge in [0.2, 0.25) is 9.39 Å². The Morgan fingerprint density at radius 1 is 1.40 bits per heavy atom. The number of carbonyl (C=O) groups excluding carboxylic acids is 2. The minimum atomic E-state index is -1.81. The van der Waals surface area contributed by atoms with Gasteiger partial charge in [0.1, 0.15) is 18.8 Å². The van der Waals surface area contributed by atoms with Crippen LogP contribution in [-0.2, 0) is 19.0 Å². The fourth-order valence-electron chi connectivity index (χ4n) is 2.21. The van der Waals surface area contributed by atoms with Gasteiger partial charge in [-0.05, 0) is 0 Å². The predicted molar refractivity (Wildman–Crippen MR) is 66.6 cm³/mol. The number of fused-ring (bicyclic) bond motifs is 2. The quantitative estimate of drug-likeness (QED) is 0.558. The molecule has 0 aromatic heterocycles. The Balaban J connectivity index is 2.01. The molecule has 2 fully saturated rings. The van der Waals surface area contributed by atoms with E-state index >= 15 is 0 Å². The second-order valence-electron chi connectivity index (χ2n) is 4.66. The molecule has 0 radical (unpaired) electrons. The van der Waals surface area contributed by atoms with E-state index in [1.807, 2.05) is 0 Å². The molecule has 1 heterocycles. The number of alkyl halides is 3. The summed E-state index contributed by atoms with van der Waals surface area (Å²) in [5, 5.41) is 19.2. The van der Waals surface area contributed by atoms with E-state index in [9.17, 15) is 19.8 Å². The van der Waals surface area contributed by atoms with Crippen molar-refractivity contribution in [3.8, 4) is 0 Å². The van der Waals surface area contributed by atoms with Crippen molar-refractivity contribution in [3.63, 3.8) is 0 Å². The van der Waals surface area contributed by atoms with Gasteiger partial charge in [0.25, 0.3) is 0 Å². The van der Waals surface area contributed by atoms with Crippen molar-refractivity contribution in [3.05, 3.63) is 0 Å². The summed E-state index contributed by atoms with van der Waals surface area (Å²) in [5.74, 6) is -0.844. The Bertz CT molecular complexity index is 424. The first-order chi connectivity index (χ1) is 9.13. The maximum absolute atomic E-state index is 11.8. The summed E-state index contributed by atoms with van der Waals surface area (Å²) < 4.78 is 12.5. The standard InChI is InChI=1S/C10H11Cl3O7/c11-10(12,13)3-18-8(17)20-9-1-4(14)6(15)5(2-9)19-7(9)16/h4-6,14-15H,1-3H2/t4-,5-,6-,9+/m0/s1. The molecule has 20 heavy (non-hydrogen) atoms. The van der Waals surface area contributed by atoms with Crippen molar-refractivity contribution in [1.29, 1.82) is 0 Å². The van der Waals surface area contributed by atoms with E-state index in [4.69, 9.17) is 44.3 Å². The number of hydrogen-bond donors (Lipinski definition) is 2. The third-order valence-electron chi connectivity index (χ3n) is 3.11. The molecule has 1 saturated heterocycles. The second-order valence-corrected chi connectivity index (χ2v) is 7.18. The van der Waals surface area contributed by atoms with E-state index in [1.165, 1.54) is 0 Å². The number of aliphatic hydroxyl groups excluding tert-OH is 2. The zero-order chi connectivity index (χ0) is 15.1. The lowest BCUT2D eigenvalue weighted by Crippen LogP contribution is -2.51. The first-order valence-electron chi connectivity index (χ1n) is 5.63. The van der Waals surface area contributed by atoms with Crippen LogP contribution in [0.1, 0.15) is 12.8 Å². The fraction of sp³-hybridized carbons (Fsp3) is 0.800.